The van der Waals surface area contributed by atoms with Crippen LogP contribution in [-0.2, 0) is 12.8 Å². The van der Waals surface area contributed by atoms with Crippen LogP contribution in [0.15, 0.2) is 24.3 Å². The summed E-state index contributed by atoms with van der Waals surface area (Å²) in [6.07, 6.45) is 1.80. The van der Waals surface area contributed by atoms with E-state index in [1.54, 1.807) is 6.07 Å². The van der Waals surface area contributed by atoms with Crippen molar-refractivity contribution in [1.29, 1.82) is 0 Å². The Morgan fingerprint density at radius 2 is 1.77 bits per heavy atom. The van der Waals surface area contributed by atoms with Gasteiger partial charge in [0.15, 0.2) is 11.3 Å². The quantitative estimate of drug-likeness (QED) is 0.726. The van der Waals surface area contributed by atoms with E-state index >= 15 is 0 Å². The molecule has 0 bridgehead atoms. The molecule has 0 saturated heterocycles. The zero-order chi connectivity index (χ0) is 19.0. The fourth-order valence-electron chi connectivity index (χ4n) is 3.52. The van der Waals surface area contributed by atoms with Gasteiger partial charge in [0.2, 0.25) is 0 Å². The summed E-state index contributed by atoms with van der Waals surface area (Å²) < 4.78 is 1.81. The van der Waals surface area contributed by atoms with Gasteiger partial charge in [-0.3, -0.25) is 0 Å². The molecule has 136 valence electrons. The van der Waals surface area contributed by atoms with E-state index in [-0.39, 0.29) is 11.6 Å². The molecule has 0 saturated carbocycles. The fourth-order valence-corrected chi connectivity index (χ4v) is 3.52. The van der Waals surface area contributed by atoms with Gasteiger partial charge >= 0.3 is 5.97 Å². The van der Waals surface area contributed by atoms with Crippen molar-refractivity contribution in [1.82, 2.24) is 14.6 Å². The highest BCUT2D eigenvalue weighted by Crippen LogP contribution is 2.35. The molecular weight excluding hydrogens is 326 g/mol. The summed E-state index contributed by atoms with van der Waals surface area (Å²) in [6, 6.07) is 7.96. The SMILES string of the molecule is CCc1cccc(CC)c1-c1c(C)nn2c(C(C)C)cc(C(=O)O)nc12. The largest absolute Gasteiger partial charge is 0.477 e. The molecule has 26 heavy (non-hydrogen) atoms. The normalized spacial score (nSPS) is 11.5. The molecule has 0 aliphatic heterocycles. The second-order valence-corrected chi connectivity index (χ2v) is 6.88. The number of aryl methyl sites for hydroxylation is 3. The Kier molecular flexibility index (Phi) is 4.81. The molecule has 3 aromatic rings. The number of carbonyl (C=O) groups is 1. The number of aromatic nitrogens is 3. The Hall–Kier alpha value is -2.69. The van der Waals surface area contributed by atoms with Crippen LogP contribution in [0, 0.1) is 6.92 Å². The molecule has 1 aromatic carbocycles. The Bertz CT molecular complexity index is 964. The van der Waals surface area contributed by atoms with Crippen molar-refractivity contribution >= 4 is 11.6 Å². The van der Waals surface area contributed by atoms with Crippen LogP contribution in [0.4, 0.5) is 0 Å². The van der Waals surface area contributed by atoms with Gasteiger partial charge in [0.25, 0.3) is 0 Å². The van der Waals surface area contributed by atoms with Gasteiger partial charge in [-0.15, -0.1) is 0 Å². The van der Waals surface area contributed by atoms with Crippen LogP contribution >= 0.6 is 0 Å². The van der Waals surface area contributed by atoms with E-state index in [1.807, 2.05) is 25.3 Å². The van der Waals surface area contributed by atoms with E-state index < -0.39 is 5.97 Å². The molecule has 0 aliphatic rings. The first-order chi connectivity index (χ1) is 12.4. The monoisotopic (exact) mass is 351 g/mol. The molecule has 0 aliphatic carbocycles. The standard InChI is InChI=1S/C21H25N3O2/c1-6-14-9-8-10-15(7-2)19(14)18-13(5)23-24-17(12(3)4)11-16(21(25)26)22-20(18)24/h8-12H,6-7H2,1-5H3,(H,25,26). The average Bonchev–Trinajstić information content (AvgIpc) is 2.95. The summed E-state index contributed by atoms with van der Waals surface area (Å²) in [6.45, 7) is 10.3. The lowest BCUT2D eigenvalue weighted by Gasteiger charge is -2.14. The van der Waals surface area contributed by atoms with Crippen molar-refractivity contribution < 1.29 is 9.90 Å². The zero-order valence-electron chi connectivity index (χ0n) is 16.0. The van der Waals surface area contributed by atoms with Gasteiger partial charge in [-0.1, -0.05) is 45.9 Å². The zero-order valence-corrected chi connectivity index (χ0v) is 16.0. The fraction of sp³-hybridized carbons (Fsp3) is 0.381. The molecule has 0 atom stereocenters. The molecule has 1 N–H and O–H groups in total. The molecule has 0 fully saturated rings. The topological polar surface area (TPSA) is 67.5 Å². The second-order valence-electron chi connectivity index (χ2n) is 6.88. The van der Waals surface area contributed by atoms with E-state index in [4.69, 9.17) is 5.10 Å². The third kappa shape index (κ3) is 2.87. The molecule has 2 aromatic heterocycles. The molecule has 0 radical (unpaired) electrons. The first-order valence-electron chi connectivity index (χ1n) is 9.13. The Labute approximate surface area is 153 Å². The third-order valence-corrected chi connectivity index (χ3v) is 4.85. The van der Waals surface area contributed by atoms with Gasteiger partial charge in [0.05, 0.1) is 11.3 Å². The molecule has 0 unspecified atom stereocenters. The van der Waals surface area contributed by atoms with Crippen molar-refractivity contribution in [3.05, 3.63) is 52.5 Å². The van der Waals surface area contributed by atoms with Gasteiger partial charge in [0.1, 0.15) is 0 Å². The van der Waals surface area contributed by atoms with E-state index in [0.717, 1.165) is 35.4 Å². The number of benzene rings is 1. The van der Waals surface area contributed by atoms with Crippen molar-refractivity contribution in [2.75, 3.05) is 0 Å². The number of rotatable bonds is 5. The Morgan fingerprint density at radius 3 is 2.27 bits per heavy atom. The van der Waals surface area contributed by atoms with Crippen LogP contribution in [0.2, 0.25) is 0 Å². The predicted molar refractivity (Wildman–Crippen MR) is 103 cm³/mol. The lowest BCUT2D eigenvalue weighted by molar-refractivity contribution is 0.0690. The smallest absolute Gasteiger partial charge is 0.354 e. The van der Waals surface area contributed by atoms with Crippen molar-refractivity contribution in [2.45, 2.75) is 53.4 Å². The summed E-state index contributed by atoms with van der Waals surface area (Å²) in [5, 5.41) is 14.3. The number of carboxylic acid groups (broad SMARTS) is 1. The van der Waals surface area contributed by atoms with E-state index in [0.29, 0.717) is 5.65 Å². The van der Waals surface area contributed by atoms with Crippen LogP contribution < -0.4 is 0 Å². The summed E-state index contributed by atoms with van der Waals surface area (Å²) >= 11 is 0. The Morgan fingerprint density at radius 1 is 1.15 bits per heavy atom. The molecule has 5 heteroatoms. The van der Waals surface area contributed by atoms with Crippen LogP contribution in [0.1, 0.15) is 66.6 Å². The molecule has 5 nitrogen and oxygen atoms in total. The molecule has 0 amide bonds. The molecule has 3 rings (SSSR count). The highest BCUT2D eigenvalue weighted by Gasteiger charge is 2.22. The molecular formula is C21H25N3O2. The molecule has 2 heterocycles. The number of carboxylic acids is 1. The van der Waals surface area contributed by atoms with E-state index in [1.165, 1.54) is 11.1 Å². The number of aromatic carboxylic acids is 1. The van der Waals surface area contributed by atoms with Gasteiger partial charge in [-0.2, -0.15) is 5.10 Å². The number of fused-ring (bicyclic) bond motifs is 1. The first-order valence-corrected chi connectivity index (χ1v) is 9.13. The summed E-state index contributed by atoms with van der Waals surface area (Å²) in [5.74, 6) is -0.878. The minimum Gasteiger partial charge on any atom is -0.477 e. The highest BCUT2D eigenvalue weighted by molar-refractivity contribution is 5.89. The predicted octanol–water partition coefficient (Wildman–Crippen LogP) is 4.65. The van der Waals surface area contributed by atoms with Crippen LogP contribution in [0.25, 0.3) is 16.8 Å². The lowest BCUT2D eigenvalue weighted by Crippen LogP contribution is -2.09. The van der Waals surface area contributed by atoms with Crippen molar-refractivity contribution in [3.63, 3.8) is 0 Å². The van der Waals surface area contributed by atoms with E-state index in [2.05, 4.69) is 37.0 Å². The minimum atomic E-state index is -1.02. The van der Waals surface area contributed by atoms with Gasteiger partial charge in [0, 0.05) is 5.69 Å². The van der Waals surface area contributed by atoms with Gasteiger partial charge < -0.3 is 5.11 Å². The van der Waals surface area contributed by atoms with Crippen LogP contribution in [0.3, 0.4) is 0 Å². The summed E-state index contributed by atoms with van der Waals surface area (Å²) in [7, 11) is 0. The number of hydrogen-bond acceptors (Lipinski definition) is 3. The van der Waals surface area contributed by atoms with Gasteiger partial charge in [-0.05, 0) is 48.4 Å². The van der Waals surface area contributed by atoms with Crippen molar-refractivity contribution in [3.8, 4) is 11.1 Å². The lowest BCUT2D eigenvalue weighted by atomic mass is 9.92. The Balaban J connectivity index is 2.46. The maximum absolute atomic E-state index is 11.6. The van der Waals surface area contributed by atoms with Crippen molar-refractivity contribution in [2.24, 2.45) is 0 Å². The molecule has 0 spiro atoms. The van der Waals surface area contributed by atoms with Crippen LogP contribution in [-0.4, -0.2) is 25.7 Å². The highest BCUT2D eigenvalue weighted by atomic mass is 16.4. The third-order valence-electron chi connectivity index (χ3n) is 4.85. The summed E-state index contributed by atoms with van der Waals surface area (Å²) in [4.78, 5) is 16.1. The minimum absolute atomic E-state index is 0.0642. The van der Waals surface area contributed by atoms with Gasteiger partial charge in [-0.25, -0.2) is 14.3 Å². The maximum atomic E-state index is 11.6. The summed E-state index contributed by atoms with van der Waals surface area (Å²) in [5.41, 5.74) is 6.98. The number of hydrogen-bond donors (Lipinski definition) is 1. The first kappa shape index (κ1) is 18.1. The van der Waals surface area contributed by atoms with Crippen LogP contribution in [0.5, 0.6) is 0 Å². The maximum Gasteiger partial charge on any atom is 0.354 e. The van der Waals surface area contributed by atoms with E-state index in [9.17, 15) is 9.90 Å². The second kappa shape index (κ2) is 6.90. The number of nitrogens with zero attached hydrogens (tertiary/aromatic N) is 3. The average molecular weight is 351 g/mol.